The molecule has 0 aliphatic carbocycles. The van der Waals surface area contributed by atoms with Crippen LogP contribution in [0.5, 0.6) is 0 Å². The lowest BCUT2D eigenvalue weighted by Crippen LogP contribution is -2.47. The van der Waals surface area contributed by atoms with E-state index < -0.39 is 11.0 Å². The Labute approximate surface area is 89.5 Å². The topological polar surface area (TPSA) is 49.8 Å². The van der Waals surface area contributed by atoms with Crippen LogP contribution in [0.2, 0.25) is 0 Å². The Balaban J connectivity index is 3.26. The van der Waals surface area contributed by atoms with Crippen molar-refractivity contribution in [3.63, 3.8) is 0 Å². The molecule has 0 aliphatic heterocycles. The van der Waals surface area contributed by atoms with Crippen LogP contribution in [0.4, 0.5) is 4.39 Å². The Morgan fingerprint density at radius 2 is 1.67 bits per heavy atom. The van der Waals surface area contributed by atoms with Gasteiger partial charge < -0.3 is 5.73 Å². The zero-order valence-corrected chi connectivity index (χ0v) is 9.21. The third-order valence-electron chi connectivity index (χ3n) is 2.66. The fourth-order valence-electron chi connectivity index (χ4n) is 1.38. The van der Waals surface area contributed by atoms with Gasteiger partial charge in [0.25, 0.3) is 0 Å². The van der Waals surface area contributed by atoms with Crippen LogP contribution < -0.4 is 5.73 Å². The summed E-state index contributed by atoms with van der Waals surface area (Å²) in [6.45, 7) is 5.67. The van der Waals surface area contributed by atoms with Gasteiger partial charge in [-0.05, 0) is 23.1 Å². The van der Waals surface area contributed by atoms with Crippen molar-refractivity contribution in [1.82, 2.24) is 0 Å². The molecule has 2 nitrogen and oxygen atoms in total. The first-order valence-electron chi connectivity index (χ1n) is 4.77. The first kappa shape index (κ1) is 11.7. The van der Waals surface area contributed by atoms with Gasteiger partial charge in [0.2, 0.25) is 0 Å². The fraction of sp³-hybridized carbons (Fsp3) is 0.417. The maximum Gasteiger partial charge on any atom is 0.134 e. The van der Waals surface area contributed by atoms with E-state index in [4.69, 9.17) is 5.73 Å². The second kappa shape index (κ2) is 3.63. The first-order chi connectivity index (χ1) is 6.81. The molecular formula is C12H15FN2. The molecular weight excluding hydrogens is 191 g/mol. The van der Waals surface area contributed by atoms with Gasteiger partial charge in [-0.1, -0.05) is 32.9 Å². The number of nitriles is 1. The molecule has 1 aromatic carbocycles. The molecule has 0 saturated heterocycles. The van der Waals surface area contributed by atoms with Gasteiger partial charge in [-0.25, -0.2) is 4.39 Å². The second-order valence-electron chi connectivity index (χ2n) is 4.68. The number of nitrogens with two attached hydrogens (primary N) is 1. The number of hydrogen-bond donors (Lipinski definition) is 1. The summed E-state index contributed by atoms with van der Waals surface area (Å²) in [5.74, 6) is -0.326. The monoisotopic (exact) mass is 206 g/mol. The Morgan fingerprint density at radius 3 is 2.00 bits per heavy atom. The second-order valence-corrected chi connectivity index (χ2v) is 4.68. The molecule has 1 atom stereocenters. The van der Waals surface area contributed by atoms with E-state index in [-0.39, 0.29) is 5.82 Å². The standard InChI is InChI=1S/C12H15FN2/c1-11(2,3)12(15,8-14)9-4-6-10(13)7-5-9/h4-7H,15H2,1-3H3. The van der Waals surface area contributed by atoms with Crippen molar-refractivity contribution in [3.05, 3.63) is 35.6 Å². The Bertz CT molecular complexity index is 384. The third kappa shape index (κ3) is 2.00. The lowest BCUT2D eigenvalue weighted by molar-refractivity contribution is 0.252. The van der Waals surface area contributed by atoms with Crippen LogP contribution in [0, 0.1) is 22.6 Å². The van der Waals surface area contributed by atoms with Gasteiger partial charge in [0.15, 0.2) is 0 Å². The van der Waals surface area contributed by atoms with E-state index in [1.807, 2.05) is 20.8 Å². The molecule has 0 amide bonds. The van der Waals surface area contributed by atoms with E-state index in [1.54, 1.807) is 12.1 Å². The summed E-state index contributed by atoms with van der Waals surface area (Å²) in [6, 6.07) is 7.87. The maximum absolute atomic E-state index is 12.8. The molecule has 0 spiro atoms. The molecule has 80 valence electrons. The van der Waals surface area contributed by atoms with E-state index in [2.05, 4.69) is 6.07 Å². The van der Waals surface area contributed by atoms with Gasteiger partial charge in [0, 0.05) is 0 Å². The minimum absolute atomic E-state index is 0.326. The SMILES string of the molecule is CC(C)(C)C(N)(C#N)c1ccc(F)cc1. The quantitative estimate of drug-likeness (QED) is 0.767. The van der Waals surface area contributed by atoms with E-state index in [9.17, 15) is 9.65 Å². The predicted octanol–water partition coefficient (Wildman–Crippen LogP) is 2.55. The predicted molar refractivity (Wildman–Crippen MR) is 57.3 cm³/mol. The van der Waals surface area contributed by atoms with Crippen LogP contribution in [0.3, 0.4) is 0 Å². The van der Waals surface area contributed by atoms with Gasteiger partial charge in [0.1, 0.15) is 11.4 Å². The van der Waals surface area contributed by atoms with E-state index in [0.717, 1.165) is 0 Å². The highest BCUT2D eigenvalue weighted by atomic mass is 19.1. The van der Waals surface area contributed by atoms with Gasteiger partial charge in [-0.15, -0.1) is 0 Å². The normalized spacial score (nSPS) is 15.5. The summed E-state index contributed by atoms with van der Waals surface area (Å²) < 4.78 is 12.8. The zero-order chi connectivity index (χ0) is 11.7. The maximum atomic E-state index is 12.8. The molecule has 0 heterocycles. The van der Waals surface area contributed by atoms with Crippen LogP contribution in [0.1, 0.15) is 26.3 Å². The highest BCUT2D eigenvalue weighted by molar-refractivity contribution is 5.33. The number of hydrogen-bond acceptors (Lipinski definition) is 2. The summed E-state index contributed by atoms with van der Waals surface area (Å²) in [4.78, 5) is 0. The van der Waals surface area contributed by atoms with Gasteiger partial charge >= 0.3 is 0 Å². The number of rotatable bonds is 1. The van der Waals surface area contributed by atoms with Gasteiger partial charge in [-0.3, -0.25) is 0 Å². The molecule has 0 radical (unpaired) electrons. The number of nitrogens with zero attached hydrogens (tertiary/aromatic N) is 1. The van der Waals surface area contributed by atoms with Crippen molar-refractivity contribution in [2.24, 2.45) is 11.1 Å². The number of benzene rings is 1. The average Bonchev–Trinajstić information content (AvgIpc) is 2.16. The molecule has 1 aromatic rings. The van der Waals surface area contributed by atoms with Crippen molar-refractivity contribution in [1.29, 1.82) is 5.26 Å². The van der Waals surface area contributed by atoms with Gasteiger partial charge in [-0.2, -0.15) is 5.26 Å². The molecule has 1 rings (SSSR count). The minimum atomic E-state index is -1.10. The Kier molecular flexibility index (Phi) is 2.83. The summed E-state index contributed by atoms with van der Waals surface area (Å²) in [7, 11) is 0. The van der Waals surface area contributed by atoms with Crippen molar-refractivity contribution in [2.75, 3.05) is 0 Å². The minimum Gasteiger partial charge on any atom is -0.309 e. The summed E-state index contributed by atoms with van der Waals surface area (Å²) in [6.07, 6.45) is 0. The highest BCUT2D eigenvalue weighted by Gasteiger charge is 2.40. The van der Waals surface area contributed by atoms with E-state index >= 15 is 0 Å². The summed E-state index contributed by atoms with van der Waals surface area (Å²) in [5.41, 5.74) is 5.20. The largest absolute Gasteiger partial charge is 0.309 e. The van der Waals surface area contributed by atoms with Crippen molar-refractivity contribution >= 4 is 0 Å². The summed E-state index contributed by atoms with van der Waals surface area (Å²) in [5, 5.41) is 9.17. The molecule has 0 aromatic heterocycles. The zero-order valence-electron chi connectivity index (χ0n) is 9.21. The molecule has 0 fully saturated rings. The van der Waals surface area contributed by atoms with Crippen LogP contribution in [-0.4, -0.2) is 0 Å². The molecule has 3 heteroatoms. The molecule has 1 unspecified atom stereocenters. The van der Waals surface area contributed by atoms with E-state index in [0.29, 0.717) is 5.56 Å². The lowest BCUT2D eigenvalue weighted by Gasteiger charge is -2.35. The van der Waals surface area contributed by atoms with Crippen molar-refractivity contribution in [2.45, 2.75) is 26.3 Å². The first-order valence-corrected chi connectivity index (χ1v) is 4.77. The van der Waals surface area contributed by atoms with Crippen LogP contribution >= 0.6 is 0 Å². The van der Waals surface area contributed by atoms with Crippen LogP contribution in [0.15, 0.2) is 24.3 Å². The molecule has 0 saturated carbocycles. The average molecular weight is 206 g/mol. The summed E-state index contributed by atoms with van der Waals surface area (Å²) >= 11 is 0. The molecule has 15 heavy (non-hydrogen) atoms. The fourth-order valence-corrected chi connectivity index (χ4v) is 1.38. The Hall–Kier alpha value is -1.40. The van der Waals surface area contributed by atoms with Crippen LogP contribution in [0.25, 0.3) is 0 Å². The smallest absolute Gasteiger partial charge is 0.134 e. The highest BCUT2D eigenvalue weighted by Crippen LogP contribution is 2.36. The van der Waals surface area contributed by atoms with Crippen molar-refractivity contribution < 1.29 is 4.39 Å². The van der Waals surface area contributed by atoms with Crippen molar-refractivity contribution in [3.8, 4) is 6.07 Å². The van der Waals surface area contributed by atoms with E-state index in [1.165, 1.54) is 12.1 Å². The lowest BCUT2D eigenvalue weighted by atomic mass is 9.71. The molecule has 2 N–H and O–H groups in total. The molecule has 0 aliphatic rings. The number of halogens is 1. The van der Waals surface area contributed by atoms with Gasteiger partial charge in [0.05, 0.1) is 6.07 Å². The third-order valence-corrected chi connectivity index (χ3v) is 2.66. The Morgan fingerprint density at radius 1 is 1.20 bits per heavy atom. The van der Waals surface area contributed by atoms with Crippen LogP contribution in [-0.2, 0) is 5.54 Å². The molecule has 0 bridgehead atoms.